The summed E-state index contributed by atoms with van der Waals surface area (Å²) in [5.41, 5.74) is 13.2. The highest BCUT2D eigenvalue weighted by Crippen LogP contribution is 2.03. The summed E-state index contributed by atoms with van der Waals surface area (Å²) in [5.74, 6) is 0.399. The van der Waals surface area contributed by atoms with Crippen molar-refractivity contribution in [3.8, 4) is 0 Å². The molecular weight excluding hydrogens is 148 g/mol. The monoisotopic (exact) mass is 168 g/mol. The largest absolute Gasteiger partial charge is 0.402 e. The molecule has 0 aliphatic rings. The lowest BCUT2D eigenvalue weighted by molar-refractivity contribution is 0.757. The fourth-order valence-electron chi connectivity index (χ4n) is 0.768. The minimum atomic E-state index is 0.399. The number of hydrogen-bond acceptors (Lipinski definition) is 2. The molecule has 0 atom stereocenters. The van der Waals surface area contributed by atoms with Gasteiger partial charge in [-0.3, -0.25) is 0 Å². The fourth-order valence-corrected chi connectivity index (χ4v) is 0.768. The van der Waals surface area contributed by atoms with Gasteiger partial charge < -0.3 is 11.5 Å². The third kappa shape index (κ3) is 4.83. The zero-order chi connectivity index (χ0) is 9.56. The van der Waals surface area contributed by atoms with E-state index in [2.05, 4.69) is 20.8 Å². The molecule has 4 N–H and O–H groups in total. The summed E-state index contributed by atoms with van der Waals surface area (Å²) in [6.07, 6.45) is 5.83. The number of nitrogens with two attached hydrogens (primary N) is 2. The smallest absolute Gasteiger partial charge is 0.0107 e. The quantitative estimate of drug-likeness (QED) is 0.632. The van der Waals surface area contributed by atoms with E-state index in [1.54, 1.807) is 0 Å². The van der Waals surface area contributed by atoms with E-state index in [0.29, 0.717) is 5.92 Å². The Hall–Kier alpha value is -0.920. The van der Waals surface area contributed by atoms with E-state index >= 15 is 0 Å². The molecule has 0 fully saturated rings. The van der Waals surface area contributed by atoms with Crippen LogP contribution >= 0.6 is 0 Å². The highest BCUT2D eigenvalue weighted by molar-refractivity contribution is 5.15. The second kappa shape index (κ2) is 5.70. The zero-order valence-electron chi connectivity index (χ0n) is 8.30. The molecule has 0 heterocycles. The summed E-state index contributed by atoms with van der Waals surface area (Å²) in [5, 5.41) is 0. The van der Waals surface area contributed by atoms with E-state index in [1.807, 2.05) is 12.2 Å². The van der Waals surface area contributed by atoms with Crippen molar-refractivity contribution >= 4 is 0 Å². The van der Waals surface area contributed by atoms with Gasteiger partial charge in [-0.25, -0.2) is 0 Å². The lowest BCUT2D eigenvalue weighted by Gasteiger charge is -2.03. The van der Waals surface area contributed by atoms with Gasteiger partial charge in [0.25, 0.3) is 0 Å². The SMILES string of the molecule is CCC/C(N)=C\C=C(/N)C(C)C. The van der Waals surface area contributed by atoms with E-state index in [0.717, 1.165) is 24.2 Å². The van der Waals surface area contributed by atoms with Gasteiger partial charge in [-0.15, -0.1) is 0 Å². The minimum Gasteiger partial charge on any atom is -0.402 e. The molecular formula is C10H20N2. The Morgan fingerprint density at radius 2 is 1.83 bits per heavy atom. The Morgan fingerprint density at radius 3 is 2.25 bits per heavy atom. The Kier molecular flexibility index (Phi) is 5.26. The predicted molar refractivity (Wildman–Crippen MR) is 54.3 cm³/mol. The van der Waals surface area contributed by atoms with E-state index < -0.39 is 0 Å². The molecule has 0 aliphatic carbocycles. The Labute approximate surface area is 75.3 Å². The average Bonchev–Trinajstić information content (AvgIpc) is 2.00. The summed E-state index contributed by atoms with van der Waals surface area (Å²) in [6.45, 7) is 6.24. The average molecular weight is 168 g/mol. The van der Waals surface area contributed by atoms with Crippen molar-refractivity contribution in [3.63, 3.8) is 0 Å². The Balaban J connectivity index is 4.08. The van der Waals surface area contributed by atoms with Crippen molar-refractivity contribution < 1.29 is 0 Å². The molecule has 0 spiro atoms. The van der Waals surface area contributed by atoms with Gasteiger partial charge in [0.1, 0.15) is 0 Å². The van der Waals surface area contributed by atoms with Crippen LogP contribution < -0.4 is 11.5 Å². The minimum absolute atomic E-state index is 0.399. The number of allylic oxidation sites excluding steroid dienone is 4. The molecule has 2 nitrogen and oxygen atoms in total. The Morgan fingerprint density at radius 1 is 1.25 bits per heavy atom. The summed E-state index contributed by atoms with van der Waals surface area (Å²) in [6, 6.07) is 0. The number of hydrogen-bond donors (Lipinski definition) is 2. The molecule has 0 rings (SSSR count). The third-order valence-electron chi connectivity index (χ3n) is 1.70. The van der Waals surface area contributed by atoms with Gasteiger partial charge in [0.15, 0.2) is 0 Å². The Bertz CT molecular complexity index is 178. The predicted octanol–water partition coefficient (Wildman–Crippen LogP) is 2.13. The van der Waals surface area contributed by atoms with Crippen LogP contribution in [0.5, 0.6) is 0 Å². The van der Waals surface area contributed by atoms with Crippen molar-refractivity contribution in [1.29, 1.82) is 0 Å². The lowest BCUT2D eigenvalue weighted by Crippen LogP contribution is -2.04. The molecule has 2 heteroatoms. The van der Waals surface area contributed by atoms with Crippen molar-refractivity contribution in [2.24, 2.45) is 17.4 Å². The standard InChI is InChI=1S/C10H20N2/c1-4-5-9(11)6-7-10(12)8(2)3/h6-8H,4-5,11-12H2,1-3H3/b9-6+,10-7-. The van der Waals surface area contributed by atoms with E-state index in [9.17, 15) is 0 Å². The normalized spacial score (nSPS) is 14.0. The molecule has 0 amide bonds. The van der Waals surface area contributed by atoms with Gasteiger partial charge in [0.2, 0.25) is 0 Å². The first kappa shape index (κ1) is 11.1. The van der Waals surface area contributed by atoms with Crippen LogP contribution in [-0.4, -0.2) is 0 Å². The van der Waals surface area contributed by atoms with E-state index in [4.69, 9.17) is 11.5 Å². The zero-order valence-corrected chi connectivity index (χ0v) is 8.30. The van der Waals surface area contributed by atoms with Crippen LogP contribution in [0.2, 0.25) is 0 Å². The van der Waals surface area contributed by atoms with Gasteiger partial charge in [0, 0.05) is 11.4 Å². The second-order valence-corrected chi connectivity index (χ2v) is 3.31. The van der Waals surface area contributed by atoms with Crippen LogP contribution in [-0.2, 0) is 0 Å². The molecule has 0 bridgehead atoms. The molecule has 70 valence electrons. The van der Waals surface area contributed by atoms with Crippen LogP contribution in [0, 0.1) is 5.92 Å². The van der Waals surface area contributed by atoms with Crippen LogP contribution in [0.1, 0.15) is 33.6 Å². The van der Waals surface area contributed by atoms with Gasteiger partial charge >= 0.3 is 0 Å². The van der Waals surface area contributed by atoms with Gasteiger partial charge in [-0.2, -0.15) is 0 Å². The first-order valence-corrected chi connectivity index (χ1v) is 4.49. The molecule has 0 aromatic carbocycles. The highest BCUT2D eigenvalue weighted by atomic mass is 14.6. The number of rotatable bonds is 4. The first-order chi connectivity index (χ1) is 5.57. The second-order valence-electron chi connectivity index (χ2n) is 3.31. The van der Waals surface area contributed by atoms with Crippen LogP contribution in [0.25, 0.3) is 0 Å². The van der Waals surface area contributed by atoms with Gasteiger partial charge in [-0.1, -0.05) is 27.2 Å². The maximum Gasteiger partial charge on any atom is 0.0107 e. The topological polar surface area (TPSA) is 52.0 Å². The van der Waals surface area contributed by atoms with Crippen molar-refractivity contribution in [3.05, 3.63) is 23.5 Å². The van der Waals surface area contributed by atoms with Crippen LogP contribution in [0.15, 0.2) is 23.5 Å². The molecule has 0 saturated carbocycles. The molecule has 0 radical (unpaired) electrons. The third-order valence-corrected chi connectivity index (χ3v) is 1.70. The molecule has 0 aliphatic heterocycles. The van der Waals surface area contributed by atoms with Crippen LogP contribution in [0.4, 0.5) is 0 Å². The van der Waals surface area contributed by atoms with Gasteiger partial charge in [0.05, 0.1) is 0 Å². The maximum absolute atomic E-state index is 5.72. The molecule has 12 heavy (non-hydrogen) atoms. The molecule has 0 aromatic rings. The van der Waals surface area contributed by atoms with Gasteiger partial charge in [-0.05, 0) is 24.5 Å². The highest BCUT2D eigenvalue weighted by Gasteiger charge is 1.94. The van der Waals surface area contributed by atoms with Crippen molar-refractivity contribution in [1.82, 2.24) is 0 Å². The van der Waals surface area contributed by atoms with E-state index in [-0.39, 0.29) is 0 Å². The van der Waals surface area contributed by atoms with E-state index in [1.165, 1.54) is 0 Å². The summed E-state index contributed by atoms with van der Waals surface area (Å²) in [7, 11) is 0. The lowest BCUT2D eigenvalue weighted by atomic mass is 10.1. The summed E-state index contributed by atoms with van der Waals surface area (Å²) < 4.78 is 0. The van der Waals surface area contributed by atoms with Crippen molar-refractivity contribution in [2.45, 2.75) is 33.6 Å². The fraction of sp³-hybridized carbons (Fsp3) is 0.600. The summed E-state index contributed by atoms with van der Waals surface area (Å²) >= 11 is 0. The molecule has 0 aromatic heterocycles. The summed E-state index contributed by atoms with van der Waals surface area (Å²) in [4.78, 5) is 0. The molecule has 0 saturated heterocycles. The maximum atomic E-state index is 5.72. The van der Waals surface area contributed by atoms with Crippen molar-refractivity contribution in [2.75, 3.05) is 0 Å². The first-order valence-electron chi connectivity index (χ1n) is 4.49. The molecule has 0 unspecified atom stereocenters. The van der Waals surface area contributed by atoms with Crippen LogP contribution in [0.3, 0.4) is 0 Å².